The van der Waals surface area contributed by atoms with Crippen LogP contribution in [-0.4, -0.2) is 9.97 Å². The largest absolute Gasteiger partial charge is 0.263 e. The normalized spacial score (nSPS) is 12.5. The molecule has 0 saturated carbocycles. The van der Waals surface area contributed by atoms with Crippen LogP contribution >= 0.6 is 0 Å². The molecule has 0 N–H and O–H groups in total. The van der Waals surface area contributed by atoms with E-state index in [-0.39, 0.29) is 0 Å². The van der Waals surface area contributed by atoms with Crippen molar-refractivity contribution in [3.05, 3.63) is 46.9 Å². The van der Waals surface area contributed by atoms with Gasteiger partial charge < -0.3 is 0 Å². The molecule has 2 heteroatoms. The third kappa shape index (κ3) is 0.988. The molecule has 2 aromatic rings. The molecule has 0 atom stereocenters. The molecule has 1 aliphatic carbocycles. The van der Waals surface area contributed by atoms with Gasteiger partial charge in [0.1, 0.15) is 0 Å². The van der Waals surface area contributed by atoms with Crippen molar-refractivity contribution in [3.63, 3.8) is 0 Å². The maximum Gasteiger partial charge on any atom is 0.0744 e. The monoisotopic (exact) mass is 194 g/mol. The minimum Gasteiger partial charge on any atom is -0.263 e. The van der Waals surface area contributed by atoms with Gasteiger partial charge in [-0.05, 0) is 29.0 Å². The van der Waals surface area contributed by atoms with Gasteiger partial charge in [-0.3, -0.25) is 9.97 Å². The number of pyridine rings is 2. The van der Waals surface area contributed by atoms with Gasteiger partial charge >= 0.3 is 0 Å². The van der Waals surface area contributed by atoms with E-state index in [1.54, 1.807) is 6.20 Å². The molecule has 1 aliphatic rings. The zero-order valence-electron chi connectivity index (χ0n) is 8.49. The molecule has 2 aromatic heterocycles. The molecule has 0 amide bonds. The van der Waals surface area contributed by atoms with E-state index >= 15 is 0 Å². The minimum atomic E-state index is 0.975. The van der Waals surface area contributed by atoms with Crippen LogP contribution in [0.25, 0.3) is 23.3 Å². The molecule has 0 radical (unpaired) electrons. The van der Waals surface area contributed by atoms with Gasteiger partial charge in [-0.2, -0.15) is 0 Å². The average Bonchev–Trinajstić information content (AvgIpc) is 2.55. The Morgan fingerprint density at radius 1 is 1.20 bits per heavy atom. The third-order valence-corrected chi connectivity index (χ3v) is 2.85. The molecule has 0 spiro atoms. The van der Waals surface area contributed by atoms with Gasteiger partial charge in [0.05, 0.1) is 5.69 Å². The first kappa shape index (κ1) is 8.36. The Morgan fingerprint density at radius 3 is 2.93 bits per heavy atom. The summed E-state index contributed by atoms with van der Waals surface area (Å²) >= 11 is 0. The summed E-state index contributed by atoms with van der Waals surface area (Å²) in [6, 6.07) is 4.04. The summed E-state index contributed by atoms with van der Waals surface area (Å²) in [7, 11) is 0. The van der Waals surface area contributed by atoms with Crippen LogP contribution in [-0.2, 0) is 0 Å². The highest BCUT2D eigenvalue weighted by atomic mass is 14.7. The lowest BCUT2D eigenvalue weighted by atomic mass is 10.1. The van der Waals surface area contributed by atoms with Crippen LogP contribution < -0.4 is 10.4 Å². The van der Waals surface area contributed by atoms with Crippen molar-refractivity contribution < 1.29 is 0 Å². The molecule has 72 valence electrons. The molecule has 0 unspecified atom stereocenters. The molecule has 0 fully saturated rings. The van der Waals surface area contributed by atoms with Crippen molar-refractivity contribution in [2.75, 3.05) is 0 Å². The second-order valence-corrected chi connectivity index (χ2v) is 3.75. The molecule has 2 nitrogen and oxygen atoms in total. The Balaban J connectivity index is 2.58. The van der Waals surface area contributed by atoms with E-state index in [0.29, 0.717) is 0 Å². The molecule has 2 heterocycles. The quantitative estimate of drug-likeness (QED) is 0.627. The van der Waals surface area contributed by atoms with Gasteiger partial charge in [-0.15, -0.1) is 0 Å². The molecule has 0 bridgehead atoms. The van der Waals surface area contributed by atoms with Gasteiger partial charge in [0, 0.05) is 29.7 Å². The van der Waals surface area contributed by atoms with E-state index in [0.717, 1.165) is 16.5 Å². The summed E-state index contributed by atoms with van der Waals surface area (Å²) < 4.78 is 0. The van der Waals surface area contributed by atoms with Gasteiger partial charge in [0.25, 0.3) is 0 Å². The first-order valence-corrected chi connectivity index (χ1v) is 4.88. The minimum absolute atomic E-state index is 0.975. The highest BCUT2D eigenvalue weighted by Gasteiger charge is 2.17. The standard InChI is InChI=1S/C13H10N2/c1-8-6-14-7-11-10-4-3-5-15-13(10)9(2)12(8)11/h3-7H,1H2,2H3. The van der Waals surface area contributed by atoms with Crippen LogP contribution in [0.5, 0.6) is 0 Å². The highest BCUT2D eigenvalue weighted by Crippen LogP contribution is 2.27. The van der Waals surface area contributed by atoms with Crippen LogP contribution in [0.3, 0.4) is 0 Å². The topological polar surface area (TPSA) is 25.8 Å². The number of rotatable bonds is 0. The first-order chi connectivity index (χ1) is 7.29. The third-order valence-electron chi connectivity index (χ3n) is 2.85. The molecule has 0 aromatic carbocycles. The maximum absolute atomic E-state index is 4.40. The molecule has 3 rings (SSSR count). The lowest BCUT2D eigenvalue weighted by Gasteiger charge is -1.98. The number of nitrogens with zero attached hydrogens (tertiary/aromatic N) is 2. The van der Waals surface area contributed by atoms with Crippen LogP contribution in [0.2, 0.25) is 0 Å². The van der Waals surface area contributed by atoms with E-state index in [1.807, 2.05) is 18.5 Å². The van der Waals surface area contributed by atoms with Crippen LogP contribution in [0, 0.1) is 0 Å². The van der Waals surface area contributed by atoms with Gasteiger partial charge in [-0.1, -0.05) is 12.6 Å². The van der Waals surface area contributed by atoms with E-state index in [1.165, 1.54) is 16.4 Å². The Morgan fingerprint density at radius 2 is 2.07 bits per heavy atom. The van der Waals surface area contributed by atoms with Crippen molar-refractivity contribution >= 4 is 12.2 Å². The lowest BCUT2D eigenvalue weighted by molar-refractivity contribution is 1.28. The fourth-order valence-electron chi connectivity index (χ4n) is 2.19. The van der Waals surface area contributed by atoms with Crippen LogP contribution in [0.15, 0.2) is 30.7 Å². The zero-order chi connectivity index (χ0) is 10.4. The van der Waals surface area contributed by atoms with Gasteiger partial charge in [0.15, 0.2) is 0 Å². The van der Waals surface area contributed by atoms with Crippen molar-refractivity contribution in [3.8, 4) is 11.1 Å². The second kappa shape index (κ2) is 2.76. The predicted octanol–water partition coefficient (Wildman–Crippen LogP) is 1.09. The van der Waals surface area contributed by atoms with Crippen LogP contribution in [0.1, 0.15) is 12.6 Å². The number of aromatic nitrogens is 2. The fraction of sp³-hybridized carbons (Fsp3) is 0.0769. The number of hydrogen-bond donors (Lipinski definition) is 0. The SMILES string of the molecule is C=c1cncc2c1=C(C)c1ncccc1-2. The molecule has 15 heavy (non-hydrogen) atoms. The first-order valence-electron chi connectivity index (χ1n) is 4.88. The average molecular weight is 194 g/mol. The van der Waals surface area contributed by atoms with Crippen molar-refractivity contribution in [2.24, 2.45) is 0 Å². The molecular weight excluding hydrogens is 184 g/mol. The van der Waals surface area contributed by atoms with Crippen molar-refractivity contribution in [1.82, 2.24) is 9.97 Å². The Bertz CT molecular complexity index is 656. The maximum atomic E-state index is 4.40. The number of hydrogen-bond acceptors (Lipinski definition) is 2. The van der Waals surface area contributed by atoms with Crippen molar-refractivity contribution in [1.29, 1.82) is 0 Å². The summed E-state index contributed by atoms with van der Waals surface area (Å²) in [4.78, 5) is 8.59. The summed E-state index contributed by atoms with van der Waals surface area (Å²) in [5.74, 6) is 0. The summed E-state index contributed by atoms with van der Waals surface area (Å²) in [5, 5.41) is 2.17. The molecular formula is C13H10N2. The van der Waals surface area contributed by atoms with E-state index in [2.05, 4.69) is 29.5 Å². The van der Waals surface area contributed by atoms with E-state index in [9.17, 15) is 0 Å². The Labute approximate surface area is 87.6 Å². The Kier molecular flexibility index (Phi) is 1.54. The highest BCUT2D eigenvalue weighted by molar-refractivity contribution is 5.86. The van der Waals surface area contributed by atoms with E-state index in [4.69, 9.17) is 0 Å². The predicted molar refractivity (Wildman–Crippen MR) is 60.4 cm³/mol. The molecule has 0 saturated heterocycles. The smallest absolute Gasteiger partial charge is 0.0744 e. The summed E-state index contributed by atoms with van der Waals surface area (Å²) in [6.07, 6.45) is 5.51. The van der Waals surface area contributed by atoms with Crippen molar-refractivity contribution in [2.45, 2.75) is 6.92 Å². The fourth-order valence-corrected chi connectivity index (χ4v) is 2.19. The second-order valence-electron chi connectivity index (χ2n) is 3.75. The van der Waals surface area contributed by atoms with Gasteiger partial charge in [0.2, 0.25) is 0 Å². The van der Waals surface area contributed by atoms with Gasteiger partial charge in [-0.25, -0.2) is 0 Å². The number of fused-ring (bicyclic) bond motifs is 3. The Hall–Kier alpha value is -1.96. The summed E-state index contributed by atoms with van der Waals surface area (Å²) in [6.45, 7) is 6.10. The molecule has 0 aliphatic heterocycles. The van der Waals surface area contributed by atoms with E-state index < -0.39 is 0 Å². The van der Waals surface area contributed by atoms with Crippen LogP contribution in [0.4, 0.5) is 0 Å². The summed E-state index contributed by atoms with van der Waals surface area (Å²) in [5.41, 5.74) is 4.59. The lowest BCUT2D eigenvalue weighted by Crippen LogP contribution is -2.25. The zero-order valence-corrected chi connectivity index (χ0v) is 8.49.